The van der Waals surface area contributed by atoms with Gasteiger partial charge in [-0.05, 0) is 49.7 Å². The second kappa shape index (κ2) is 6.48. The van der Waals surface area contributed by atoms with Crippen molar-refractivity contribution in [1.82, 2.24) is 9.78 Å². The van der Waals surface area contributed by atoms with Crippen LogP contribution in [0.1, 0.15) is 34.6 Å². The van der Waals surface area contributed by atoms with Crippen molar-refractivity contribution in [1.29, 1.82) is 0 Å². The van der Waals surface area contributed by atoms with Gasteiger partial charge in [0.25, 0.3) is 0 Å². The maximum atomic E-state index is 12.2. The molecule has 3 aromatic rings. The average molecular weight is 306 g/mol. The van der Waals surface area contributed by atoms with Crippen LogP contribution in [0.2, 0.25) is 0 Å². The highest BCUT2D eigenvalue weighted by molar-refractivity contribution is 5.89. The number of hydrogen-bond donors (Lipinski definition) is 0. The Balaban J connectivity index is 1.72. The van der Waals surface area contributed by atoms with E-state index < -0.39 is 0 Å². The summed E-state index contributed by atoms with van der Waals surface area (Å²) in [6.07, 6.45) is 1.47. The largest absolute Gasteiger partial charge is 0.454 e. The molecule has 1 aromatic heterocycles. The van der Waals surface area contributed by atoms with Crippen molar-refractivity contribution >= 4 is 5.97 Å². The molecular weight excluding hydrogens is 288 g/mol. The maximum absolute atomic E-state index is 12.2. The van der Waals surface area contributed by atoms with E-state index in [0.29, 0.717) is 5.56 Å². The first kappa shape index (κ1) is 15.0. The molecule has 0 spiro atoms. The topological polar surface area (TPSA) is 44.1 Å². The van der Waals surface area contributed by atoms with E-state index in [2.05, 4.69) is 5.10 Å². The van der Waals surface area contributed by atoms with Crippen molar-refractivity contribution in [2.45, 2.75) is 20.0 Å². The lowest BCUT2D eigenvalue weighted by Gasteiger charge is -2.13. The molecular formula is C19H18N2O2. The Labute approximate surface area is 135 Å². The number of nitrogens with zero attached hydrogens (tertiary/aromatic N) is 2. The zero-order chi connectivity index (χ0) is 16.2. The van der Waals surface area contributed by atoms with Gasteiger partial charge in [0.05, 0.1) is 11.3 Å². The summed E-state index contributed by atoms with van der Waals surface area (Å²) < 4.78 is 7.34. The van der Waals surface area contributed by atoms with E-state index >= 15 is 0 Å². The van der Waals surface area contributed by atoms with Crippen molar-refractivity contribution in [3.05, 3.63) is 83.7 Å². The zero-order valence-corrected chi connectivity index (χ0v) is 13.1. The molecule has 0 fully saturated rings. The summed E-state index contributed by atoms with van der Waals surface area (Å²) >= 11 is 0. The summed E-state index contributed by atoms with van der Waals surface area (Å²) in [7, 11) is 0. The summed E-state index contributed by atoms with van der Waals surface area (Å²) in [6.45, 7) is 3.85. The molecule has 4 heteroatoms. The Kier molecular flexibility index (Phi) is 4.24. The lowest BCUT2D eigenvalue weighted by atomic mass is 10.1. The average Bonchev–Trinajstić information content (AvgIpc) is 3.02. The first-order valence-electron chi connectivity index (χ1n) is 7.52. The van der Waals surface area contributed by atoms with Gasteiger partial charge in [-0.1, -0.05) is 30.3 Å². The molecule has 2 aromatic carbocycles. The first-order valence-corrected chi connectivity index (χ1v) is 7.52. The van der Waals surface area contributed by atoms with Crippen LogP contribution in [0.4, 0.5) is 0 Å². The number of aromatic nitrogens is 2. The lowest BCUT2D eigenvalue weighted by molar-refractivity contribution is 0.0338. The fourth-order valence-electron chi connectivity index (χ4n) is 2.40. The van der Waals surface area contributed by atoms with Gasteiger partial charge in [-0.25, -0.2) is 9.48 Å². The molecule has 4 nitrogen and oxygen atoms in total. The second-order valence-electron chi connectivity index (χ2n) is 5.39. The number of carbonyl (C=O) groups is 1. The predicted octanol–water partition coefficient (Wildman–Crippen LogP) is 4.10. The molecule has 0 aliphatic heterocycles. The van der Waals surface area contributed by atoms with Crippen molar-refractivity contribution in [2.75, 3.05) is 0 Å². The Hall–Kier alpha value is -2.88. The number of benzene rings is 2. The van der Waals surface area contributed by atoms with E-state index in [-0.39, 0.29) is 12.1 Å². The van der Waals surface area contributed by atoms with Crippen LogP contribution in [0.25, 0.3) is 5.69 Å². The van der Waals surface area contributed by atoms with Crippen molar-refractivity contribution in [3.8, 4) is 5.69 Å². The molecule has 1 atom stereocenters. The van der Waals surface area contributed by atoms with Gasteiger partial charge in [-0.2, -0.15) is 5.10 Å². The van der Waals surface area contributed by atoms with Gasteiger partial charge in [-0.15, -0.1) is 0 Å². The highest BCUT2D eigenvalue weighted by Gasteiger charge is 2.13. The number of rotatable bonds is 4. The first-order chi connectivity index (χ1) is 11.1. The van der Waals surface area contributed by atoms with Crippen molar-refractivity contribution < 1.29 is 9.53 Å². The van der Waals surface area contributed by atoms with E-state index in [0.717, 1.165) is 16.9 Å². The Morgan fingerprint density at radius 2 is 1.74 bits per heavy atom. The predicted molar refractivity (Wildman–Crippen MR) is 88.6 cm³/mol. The fourth-order valence-corrected chi connectivity index (χ4v) is 2.40. The van der Waals surface area contributed by atoms with E-state index in [1.54, 1.807) is 18.3 Å². The lowest BCUT2D eigenvalue weighted by Crippen LogP contribution is -2.09. The van der Waals surface area contributed by atoms with Gasteiger partial charge >= 0.3 is 5.97 Å². The Morgan fingerprint density at radius 1 is 1.04 bits per heavy atom. The minimum absolute atomic E-state index is 0.281. The van der Waals surface area contributed by atoms with Crippen LogP contribution in [0.3, 0.4) is 0 Å². The van der Waals surface area contributed by atoms with Gasteiger partial charge < -0.3 is 4.74 Å². The van der Waals surface area contributed by atoms with Gasteiger partial charge in [-0.3, -0.25) is 0 Å². The van der Waals surface area contributed by atoms with Crippen LogP contribution in [0, 0.1) is 6.92 Å². The highest BCUT2D eigenvalue weighted by Crippen LogP contribution is 2.19. The molecule has 3 rings (SSSR count). The molecule has 0 N–H and O–H groups in total. The van der Waals surface area contributed by atoms with Crippen LogP contribution in [-0.4, -0.2) is 15.7 Å². The smallest absolute Gasteiger partial charge is 0.338 e. The Morgan fingerprint density at radius 3 is 2.35 bits per heavy atom. The molecule has 0 radical (unpaired) electrons. The molecule has 0 unspecified atom stereocenters. The molecule has 116 valence electrons. The molecule has 0 saturated carbocycles. The zero-order valence-electron chi connectivity index (χ0n) is 13.1. The van der Waals surface area contributed by atoms with Crippen LogP contribution in [0.15, 0.2) is 66.9 Å². The van der Waals surface area contributed by atoms with Crippen LogP contribution >= 0.6 is 0 Å². The third-order valence-electron chi connectivity index (χ3n) is 3.73. The number of hydrogen-bond acceptors (Lipinski definition) is 3. The summed E-state index contributed by atoms with van der Waals surface area (Å²) in [5.74, 6) is -0.329. The third kappa shape index (κ3) is 3.31. The number of aryl methyl sites for hydroxylation is 1. The van der Waals surface area contributed by atoms with E-state index in [1.807, 2.05) is 67.1 Å². The summed E-state index contributed by atoms with van der Waals surface area (Å²) in [4.78, 5) is 12.2. The van der Waals surface area contributed by atoms with Crippen LogP contribution in [0.5, 0.6) is 0 Å². The van der Waals surface area contributed by atoms with Gasteiger partial charge in [0, 0.05) is 11.9 Å². The monoisotopic (exact) mass is 306 g/mol. The second-order valence-corrected chi connectivity index (χ2v) is 5.39. The van der Waals surface area contributed by atoms with Crippen LogP contribution in [-0.2, 0) is 4.74 Å². The van der Waals surface area contributed by atoms with Gasteiger partial charge in [0.2, 0.25) is 0 Å². The summed E-state index contributed by atoms with van der Waals surface area (Å²) in [5, 5.41) is 4.25. The summed E-state index contributed by atoms with van der Waals surface area (Å²) in [6, 6.07) is 18.9. The van der Waals surface area contributed by atoms with E-state index in [9.17, 15) is 4.79 Å². The minimum atomic E-state index is -0.329. The number of esters is 1. The van der Waals surface area contributed by atoms with E-state index in [1.165, 1.54) is 0 Å². The van der Waals surface area contributed by atoms with Crippen molar-refractivity contribution in [2.24, 2.45) is 0 Å². The summed E-state index contributed by atoms with van der Waals surface area (Å²) in [5.41, 5.74) is 3.46. The fraction of sp³-hybridized carbons (Fsp3) is 0.158. The third-order valence-corrected chi connectivity index (χ3v) is 3.73. The maximum Gasteiger partial charge on any atom is 0.338 e. The normalized spacial score (nSPS) is 11.9. The molecule has 0 amide bonds. The number of ether oxygens (including phenoxy) is 1. The minimum Gasteiger partial charge on any atom is -0.454 e. The highest BCUT2D eigenvalue weighted by atomic mass is 16.5. The standard InChI is InChI=1S/C19H18N2O2/c1-14-12-13-20-21(14)18-10-8-17(9-11-18)19(22)23-15(2)16-6-4-3-5-7-16/h3-13,15H,1-2H3/t15-/m1/s1. The Bertz CT molecular complexity index is 792. The molecule has 0 saturated heterocycles. The van der Waals surface area contributed by atoms with E-state index in [4.69, 9.17) is 4.74 Å². The van der Waals surface area contributed by atoms with Gasteiger partial charge in [0.15, 0.2) is 0 Å². The van der Waals surface area contributed by atoms with Crippen LogP contribution < -0.4 is 0 Å². The SMILES string of the molecule is Cc1ccnn1-c1ccc(C(=O)O[C@H](C)c2ccccc2)cc1. The van der Waals surface area contributed by atoms with Crippen molar-refractivity contribution in [3.63, 3.8) is 0 Å². The molecule has 1 heterocycles. The molecule has 23 heavy (non-hydrogen) atoms. The van der Waals surface area contributed by atoms with Gasteiger partial charge in [0.1, 0.15) is 6.10 Å². The number of carbonyl (C=O) groups excluding carboxylic acids is 1. The quantitative estimate of drug-likeness (QED) is 0.682. The molecule has 0 aliphatic carbocycles. The molecule has 0 bridgehead atoms. The molecule has 0 aliphatic rings.